The molecule has 0 aliphatic rings. The molecule has 0 saturated heterocycles. The Morgan fingerprint density at radius 3 is 2.11 bits per heavy atom. The van der Waals surface area contributed by atoms with E-state index in [1.807, 2.05) is 20.8 Å². The highest BCUT2D eigenvalue weighted by molar-refractivity contribution is 5.28. The summed E-state index contributed by atoms with van der Waals surface area (Å²) in [5.74, 6) is -0.836. The van der Waals surface area contributed by atoms with Crippen LogP contribution in [0.3, 0.4) is 0 Å². The maximum absolute atomic E-state index is 12.1. The topological polar surface area (TPSA) is 59.7 Å². The van der Waals surface area contributed by atoms with Crippen molar-refractivity contribution in [1.82, 2.24) is 0 Å². The third kappa shape index (κ3) is 2.60. The van der Waals surface area contributed by atoms with Gasteiger partial charge in [0.1, 0.15) is 11.5 Å². The fourth-order valence-corrected chi connectivity index (χ4v) is 2.38. The zero-order valence-electron chi connectivity index (χ0n) is 12.8. The van der Waals surface area contributed by atoms with E-state index < -0.39 is 11.7 Å². The Hall–Kier alpha value is -1.13. The third-order valence-corrected chi connectivity index (χ3v) is 4.01. The summed E-state index contributed by atoms with van der Waals surface area (Å²) >= 11 is 0. The lowest BCUT2D eigenvalue weighted by molar-refractivity contribution is -0.229. The highest BCUT2D eigenvalue weighted by atomic mass is 16.6. The Bertz CT molecular complexity index is 516. The minimum atomic E-state index is -1.36. The van der Waals surface area contributed by atoms with Crippen molar-refractivity contribution < 1.29 is 14.3 Å². The van der Waals surface area contributed by atoms with Crippen molar-refractivity contribution in [3.8, 4) is 0 Å². The Labute approximate surface area is 114 Å². The lowest BCUT2D eigenvalue weighted by Crippen LogP contribution is -2.43. The summed E-state index contributed by atoms with van der Waals surface area (Å²) in [6.45, 7) is 10.8. The predicted molar refractivity (Wildman–Crippen MR) is 74.4 cm³/mol. The van der Waals surface area contributed by atoms with Crippen LogP contribution in [0.2, 0.25) is 0 Å². The van der Waals surface area contributed by atoms with Crippen LogP contribution in [0.4, 0.5) is 0 Å². The van der Waals surface area contributed by atoms with E-state index in [4.69, 9.17) is 9.15 Å². The van der Waals surface area contributed by atoms with E-state index in [9.17, 15) is 9.90 Å². The zero-order valence-corrected chi connectivity index (χ0v) is 12.8. The summed E-state index contributed by atoms with van der Waals surface area (Å²) in [7, 11) is 1.46. The van der Waals surface area contributed by atoms with E-state index in [2.05, 4.69) is 0 Å². The number of ether oxygens (including phenoxy) is 1. The Balaban J connectivity index is 3.43. The summed E-state index contributed by atoms with van der Waals surface area (Å²) in [6.07, 6.45) is 0. The van der Waals surface area contributed by atoms with Gasteiger partial charge in [-0.2, -0.15) is 0 Å². The van der Waals surface area contributed by atoms with Gasteiger partial charge in [0, 0.05) is 24.2 Å². The second kappa shape index (κ2) is 5.47. The summed E-state index contributed by atoms with van der Waals surface area (Å²) < 4.78 is 11.0. The van der Waals surface area contributed by atoms with Crippen LogP contribution in [-0.4, -0.2) is 18.0 Å². The molecule has 2 unspecified atom stereocenters. The van der Waals surface area contributed by atoms with Crippen molar-refractivity contribution in [2.24, 2.45) is 5.92 Å². The number of aliphatic hydroxyl groups is 1. The molecule has 0 bridgehead atoms. The van der Waals surface area contributed by atoms with E-state index in [1.165, 1.54) is 7.11 Å². The first-order chi connectivity index (χ1) is 8.66. The van der Waals surface area contributed by atoms with E-state index in [-0.39, 0.29) is 11.3 Å². The van der Waals surface area contributed by atoms with Gasteiger partial charge < -0.3 is 14.3 Å². The van der Waals surface area contributed by atoms with Crippen LogP contribution < -0.4 is 5.43 Å². The molecule has 1 N–H and O–H groups in total. The van der Waals surface area contributed by atoms with Crippen LogP contribution in [0.5, 0.6) is 0 Å². The van der Waals surface area contributed by atoms with Crippen LogP contribution in [0.1, 0.15) is 49.3 Å². The Morgan fingerprint density at radius 2 is 1.68 bits per heavy atom. The highest BCUT2D eigenvalue weighted by Crippen LogP contribution is 2.36. The van der Waals surface area contributed by atoms with Crippen LogP contribution >= 0.6 is 0 Å². The van der Waals surface area contributed by atoms with Gasteiger partial charge in [-0.25, -0.2) is 0 Å². The second-order valence-electron chi connectivity index (χ2n) is 5.43. The average molecular weight is 268 g/mol. The molecule has 2 atom stereocenters. The van der Waals surface area contributed by atoms with Crippen molar-refractivity contribution >= 4 is 0 Å². The largest absolute Gasteiger partial charge is 0.465 e. The second-order valence-corrected chi connectivity index (χ2v) is 5.43. The molecule has 1 aromatic heterocycles. The molecule has 0 fully saturated rings. The fourth-order valence-electron chi connectivity index (χ4n) is 2.38. The van der Waals surface area contributed by atoms with Crippen LogP contribution in [0, 0.1) is 26.7 Å². The monoisotopic (exact) mass is 268 g/mol. The normalized spacial score (nSPS) is 16.5. The van der Waals surface area contributed by atoms with Gasteiger partial charge in [0.15, 0.2) is 11.2 Å². The minimum absolute atomic E-state index is 0.0344. The van der Waals surface area contributed by atoms with E-state index in [0.717, 1.165) is 0 Å². The molecule has 0 aromatic carbocycles. The standard InChI is InChI=1S/C15H24O4/c1-8(2)15(17,18-7)11(5)14-10(4)13(16)9(3)12(6)19-14/h8,11,17H,1-7H3. The lowest BCUT2D eigenvalue weighted by Gasteiger charge is -2.36. The van der Waals surface area contributed by atoms with Gasteiger partial charge in [-0.3, -0.25) is 4.79 Å². The van der Waals surface area contributed by atoms with Gasteiger partial charge in [0.2, 0.25) is 0 Å². The number of hydrogen-bond acceptors (Lipinski definition) is 4. The summed E-state index contributed by atoms with van der Waals surface area (Å²) in [6, 6.07) is 0. The van der Waals surface area contributed by atoms with Gasteiger partial charge in [-0.1, -0.05) is 20.8 Å². The molecule has 0 aliphatic carbocycles. The minimum Gasteiger partial charge on any atom is -0.465 e. The quantitative estimate of drug-likeness (QED) is 0.853. The number of rotatable bonds is 4. The number of methoxy groups -OCH3 is 1. The van der Waals surface area contributed by atoms with E-state index >= 15 is 0 Å². The molecule has 1 rings (SSSR count). The number of hydrogen-bond donors (Lipinski definition) is 1. The molecule has 4 heteroatoms. The van der Waals surface area contributed by atoms with Crippen molar-refractivity contribution in [3.63, 3.8) is 0 Å². The molecular formula is C15H24O4. The first kappa shape index (κ1) is 15.9. The molecule has 1 heterocycles. The number of aryl methyl sites for hydroxylation is 1. The Morgan fingerprint density at radius 1 is 1.16 bits per heavy atom. The molecule has 0 radical (unpaired) electrons. The van der Waals surface area contributed by atoms with Crippen LogP contribution in [0.15, 0.2) is 9.21 Å². The summed E-state index contributed by atoms with van der Waals surface area (Å²) in [5.41, 5.74) is 1.11. The molecule has 0 aliphatic heterocycles. The summed E-state index contributed by atoms with van der Waals surface area (Å²) in [4.78, 5) is 12.1. The molecule has 19 heavy (non-hydrogen) atoms. The van der Waals surface area contributed by atoms with Crippen molar-refractivity contribution in [1.29, 1.82) is 0 Å². The fraction of sp³-hybridized carbons (Fsp3) is 0.667. The van der Waals surface area contributed by atoms with Gasteiger partial charge in [0.25, 0.3) is 0 Å². The molecule has 108 valence electrons. The van der Waals surface area contributed by atoms with E-state index in [0.29, 0.717) is 22.6 Å². The lowest BCUT2D eigenvalue weighted by atomic mass is 9.86. The van der Waals surface area contributed by atoms with Gasteiger partial charge >= 0.3 is 0 Å². The first-order valence-electron chi connectivity index (χ1n) is 6.55. The van der Waals surface area contributed by atoms with Crippen molar-refractivity contribution in [2.45, 2.75) is 53.2 Å². The summed E-state index contributed by atoms with van der Waals surface area (Å²) in [5, 5.41) is 10.6. The maximum atomic E-state index is 12.1. The van der Waals surface area contributed by atoms with Crippen LogP contribution in [-0.2, 0) is 4.74 Å². The SMILES string of the molecule is COC(O)(C(C)C)C(C)c1oc(C)c(C)c(=O)c1C. The molecule has 4 nitrogen and oxygen atoms in total. The van der Waals surface area contributed by atoms with Gasteiger partial charge in [-0.05, 0) is 20.8 Å². The van der Waals surface area contributed by atoms with Crippen molar-refractivity contribution in [2.75, 3.05) is 7.11 Å². The zero-order chi connectivity index (χ0) is 15.0. The Kier molecular flexibility index (Phi) is 4.59. The molecular weight excluding hydrogens is 244 g/mol. The average Bonchev–Trinajstić information content (AvgIpc) is 2.38. The van der Waals surface area contributed by atoms with Crippen LogP contribution in [0.25, 0.3) is 0 Å². The van der Waals surface area contributed by atoms with Crippen molar-refractivity contribution in [3.05, 3.63) is 32.9 Å². The van der Waals surface area contributed by atoms with Gasteiger partial charge in [0.05, 0.1) is 5.92 Å². The van der Waals surface area contributed by atoms with E-state index in [1.54, 1.807) is 20.8 Å². The third-order valence-electron chi connectivity index (χ3n) is 4.01. The molecule has 1 aromatic rings. The van der Waals surface area contributed by atoms with Gasteiger partial charge in [-0.15, -0.1) is 0 Å². The maximum Gasteiger partial charge on any atom is 0.191 e. The molecule has 0 spiro atoms. The first-order valence-corrected chi connectivity index (χ1v) is 6.55. The highest BCUT2D eigenvalue weighted by Gasteiger charge is 2.40. The molecule has 0 saturated carbocycles. The predicted octanol–water partition coefficient (Wildman–Crippen LogP) is 2.66. The molecule has 0 amide bonds. The smallest absolute Gasteiger partial charge is 0.191 e.